The number of likely N-dealkylation sites (tertiary alicyclic amines) is 1. The van der Waals surface area contributed by atoms with Gasteiger partial charge in [0.25, 0.3) is 0 Å². The van der Waals surface area contributed by atoms with Crippen LogP contribution < -0.4 is 4.90 Å². The van der Waals surface area contributed by atoms with Gasteiger partial charge in [0.05, 0.1) is 13.1 Å². The van der Waals surface area contributed by atoms with Crippen molar-refractivity contribution in [1.82, 2.24) is 0 Å². The first-order chi connectivity index (χ1) is 11.3. The van der Waals surface area contributed by atoms with Gasteiger partial charge in [0.1, 0.15) is 12.1 Å². The van der Waals surface area contributed by atoms with Gasteiger partial charge in [0.15, 0.2) is 0 Å². The van der Waals surface area contributed by atoms with Gasteiger partial charge in [-0.15, -0.1) is 0 Å². The van der Waals surface area contributed by atoms with E-state index in [-0.39, 0.29) is 0 Å². The van der Waals surface area contributed by atoms with Crippen LogP contribution in [0.1, 0.15) is 56.9 Å². The molecule has 124 valence electrons. The van der Waals surface area contributed by atoms with Gasteiger partial charge < -0.3 is 10.0 Å². The topological polar surface area (TPSA) is 24.7 Å². The van der Waals surface area contributed by atoms with E-state index < -0.39 is 5.60 Å². The highest BCUT2D eigenvalue weighted by molar-refractivity contribution is 5.26. The van der Waals surface area contributed by atoms with Crippen molar-refractivity contribution in [3.8, 4) is 11.8 Å². The van der Waals surface area contributed by atoms with Gasteiger partial charge in [-0.2, -0.15) is 0 Å². The third kappa shape index (κ3) is 4.16. The van der Waals surface area contributed by atoms with Gasteiger partial charge in [-0.3, -0.25) is 0 Å². The van der Waals surface area contributed by atoms with Crippen molar-refractivity contribution in [2.75, 3.05) is 19.6 Å². The van der Waals surface area contributed by atoms with Crippen LogP contribution >= 0.6 is 0 Å². The Morgan fingerprint density at radius 2 is 1.65 bits per heavy atom. The first-order valence-corrected chi connectivity index (χ1v) is 9.36. The number of benzene rings is 1. The minimum atomic E-state index is -0.769. The van der Waals surface area contributed by atoms with Gasteiger partial charge in [-0.1, -0.05) is 55.5 Å². The third-order valence-corrected chi connectivity index (χ3v) is 5.69. The highest BCUT2D eigenvalue weighted by Crippen LogP contribution is 2.41. The Balaban J connectivity index is 1.71. The number of nitrogens with one attached hydrogen (secondary N) is 1. The summed E-state index contributed by atoms with van der Waals surface area (Å²) in [6, 6.07) is 10.2. The van der Waals surface area contributed by atoms with Crippen LogP contribution in [0.3, 0.4) is 0 Å². The molecule has 1 aromatic carbocycles. The van der Waals surface area contributed by atoms with Crippen LogP contribution in [0.25, 0.3) is 0 Å². The van der Waals surface area contributed by atoms with Crippen molar-refractivity contribution in [3.63, 3.8) is 0 Å². The molecule has 1 aliphatic heterocycles. The first-order valence-electron chi connectivity index (χ1n) is 9.36. The minimum absolute atomic E-state index is 0.354. The Morgan fingerprint density at radius 1 is 0.957 bits per heavy atom. The molecule has 2 heteroatoms. The van der Waals surface area contributed by atoms with Crippen molar-refractivity contribution in [3.05, 3.63) is 35.9 Å². The molecule has 0 amide bonds. The van der Waals surface area contributed by atoms with Crippen molar-refractivity contribution in [1.29, 1.82) is 0 Å². The molecule has 1 atom stereocenters. The summed E-state index contributed by atoms with van der Waals surface area (Å²) in [5, 5.41) is 11.5. The van der Waals surface area contributed by atoms with E-state index in [1.807, 2.05) is 18.2 Å². The second-order valence-corrected chi connectivity index (χ2v) is 7.29. The summed E-state index contributed by atoms with van der Waals surface area (Å²) in [6.45, 7) is 3.47. The molecule has 2 nitrogen and oxygen atoms in total. The van der Waals surface area contributed by atoms with E-state index in [4.69, 9.17) is 0 Å². The van der Waals surface area contributed by atoms with E-state index in [2.05, 4.69) is 24.0 Å². The second kappa shape index (κ2) is 7.99. The number of quaternary nitrogens is 1. The van der Waals surface area contributed by atoms with Crippen molar-refractivity contribution >= 4 is 0 Å². The maximum Gasteiger partial charge on any atom is 0.139 e. The molecule has 0 aromatic heterocycles. The Morgan fingerprint density at radius 3 is 2.35 bits per heavy atom. The highest BCUT2D eigenvalue weighted by atomic mass is 16.3. The fraction of sp³-hybridized carbons (Fsp3) is 0.619. The molecule has 1 saturated carbocycles. The Hall–Kier alpha value is -1.30. The van der Waals surface area contributed by atoms with Gasteiger partial charge in [0.2, 0.25) is 0 Å². The van der Waals surface area contributed by atoms with E-state index in [0.717, 1.165) is 24.9 Å². The molecule has 2 N–H and O–H groups in total. The molecule has 2 fully saturated rings. The van der Waals surface area contributed by atoms with E-state index in [0.29, 0.717) is 12.3 Å². The molecular formula is C21H30NO+. The first kappa shape index (κ1) is 16.6. The van der Waals surface area contributed by atoms with Crippen LogP contribution in [-0.2, 0) is 5.60 Å². The number of hydrogen-bond acceptors (Lipinski definition) is 1. The van der Waals surface area contributed by atoms with E-state index in [1.54, 1.807) is 4.90 Å². The van der Waals surface area contributed by atoms with Crippen LogP contribution in [0, 0.1) is 17.8 Å². The minimum Gasteiger partial charge on any atom is -0.384 e. The molecule has 0 spiro atoms. The summed E-state index contributed by atoms with van der Waals surface area (Å²) >= 11 is 0. The fourth-order valence-electron chi connectivity index (χ4n) is 4.23. The smallest absolute Gasteiger partial charge is 0.139 e. The van der Waals surface area contributed by atoms with E-state index in [1.165, 1.54) is 45.2 Å². The quantitative estimate of drug-likeness (QED) is 0.821. The lowest BCUT2D eigenvalue weighted by molar-refractivity contribution is -0.879. The summed E-state index contributed by atoms with van der Waals surface area (Å²) in [5.74, 6) is 7.03. The lowest BCUT2D eigenvalue weighted by atomic mass is 9.72. The zero-order chi connectivity index (χ0) is 16.0. The summed E-state index contributed by atoms with van der Waals surface area (Å²) in [5.41, 5.74) is 0.282. The SMILES string of the molecule is O[C@@](CC#CC[NH+]1CCCC1)(c1ccccc1)C1CCCCC1. The van der Waals surface area contributed by atoms with Crippen LogP contribution in [0.4, 0.5) is 0 Å². The van der Waals surface area contributed by atoms with Gasteiger partial charge >= 0.3 is 0 Å². The van der Waals surface area contributed by atoms with Crippen LogP contribution in [0.2, 0.25) is 0 Å². The number of aliphatic hydroxyl groups is 1. The summed E-state index contributed by atoms with van der Waals surface area (Å²) < 4.78 is 0. The summed E-state index contributed by atoms with van der Waals surface area (Å²) in [4.78, 5) is 1.61. The maximum atomic E-state index is 11.5. The Bertz CT molecular complexity index is 532. The normalized spacial score (nSPS) is 22.3. The lowest BCUT2D eigenvalue weighted by Crippen LogP contribution is -3.09. The van der Waals surface area contributed by atoms with Crippen LogP contribution in [0.15, 0.2) is 30.3 Å². The van der Waals surface area contributed by atoms with Crippen LogP contribution in [-0.4, -0.2) is 24.7 Å². The number of hydrogen-bond donors (Lipinski definition) is 2. The molecular weight excluding hydrogens is 282 g/mol. The van der Waals surface area contributed by atoms with Crippen molar-refractivity contribution in [2.24, 2.45) is 5.92 Å². The molecule has 0 unspecified atom stereocenters. The second-order valence-electron chi connectivity index (χ2n) is 7.29. The summed E-state index contributed by atoms with van der Waals surface area (Å²) in [6.07, 6.45) is 9.31. The van der Waals surface area contributed by atoms with Gasteiger partial charge in [0, 0.05) is 19.3 Å². The molecule has 1 aliphatic carbocycles. The predicted octanol–water partition coefficient (Wildman–Crippen LogP) is 2.53. The lowest BCUT2D eigenvalue weighted by Gasteiger charge is -2.38. The van der Waals surface area contributed by atoms with Crippen molar-refractivity contribution < 1.29 is 10.0 Å². The predicted molar refractivity (Wildman–Crippen MR) is 94.1 cm³/mol. The molecule has 0 radical (unpaired) electrons. The zero-order valence-corrected chi connectivity index (χ0v) is 14.2. The Kier molecular flexibility index (Phi) is 5.75. The highest BCUT2D eigenvalue weighted by Gasteiger charge is 2.38. The van der Waals surface area contributed by atoms with Crippen molar-refractivity contribution in [2.45, 2.75) is 57.0 Å². The zero-order valence-electron chi connectivity index (χ0n) is 14.2. The average Bonchev–Trinajstić information content (AvgIpc) is 3.13. The average molecular weight is 312 g/mol. The Labute approximate surface area is 140 Å². The molecule has 1 heterocycles. The summed E-state index contributed by atoms with van der Waals surface area (Å²) in [7, 11) is 0. The van der Waals surface area contributed by atoms with E-state index >= 15 is 0 Å². The standard InChI is InChI=1S/C21H29NO/c23-21(19-11-3-1-4-12-19,20-13-5-2-6-14-20)15-7-8-16-22-17-9-10-18-22/h1,3-4,11-12,20,23H,2,5-6,9-10,13-18H2/p+1/t21-/m0/s1. The van der Waals surface area contributed by atoms with Crippen LogP contribution in [0.5, 0.6) is 0 Å². The molecule has 1 saturated heterocycles. The largest absolute Gasteiger partial charge is 0.384 e. The van der Waals surface area contributed by atoms with Gasteiger partial charge in [-0.05, 0) is 30.2 Å². The molecule has 1 aromatic rings. The molecule has 2 aliphatic rings. The van der Waals surface area contributed by atoms with Gasteiger partial charge in [-0.25, -0.2) is 0 Å². The van der Waals surface area contributed by atoms with E-state index in [9.17, 15) is 5.11 Å². The molecule has 23 heavy (non-hydrogen) atoms. The molecule has 3 rings (SSSR count). The monoisotopic (exact) mass is 312 g/mol. The molecule has 0 bridgehead atoms. The fourth-order valence-corrected chi connectivity index (χ4v) is 4.23. The maximum absolute atomic E-state index is 11.5. The third-order valence-electron chi connectivity index (χ3n) is 5.69. The number of rotatable bonds is 4.